The van der Waals surface area contributed by atoms with Crippen LogP contribution in [0, 0.1) is 0 Å². The molecule has 548 valence electrons. The van der Waals surface area contributed by atoms with Crippen molar-refractivity contribution < 1.29 is 89.1 Å². The van der Waals surface area contributed by atoms with Gasteiger partial charge in [0.1, 0.15) is 0 Å². The van der Waals surface area contributed by atoms with E-state index in [1.165, 1.54) is 58.9 Å². The number of sulfonamides is 3. The molecule has 12 rings (SSSR count). The van der Waals surface area contributed by atoms with Crippen LogP contribution in [0.1, 0.15) is 98.6 Å². The lowest BCUT2D eigenvalue weighted by Gasteiger charge is -2.40. The molecule has 2 N–H and O–H groups in total. The number of halogens is 12. The van der Waals surface area contributed by atoms with Gasteiger partial charge in [-0.25, -0.2) is 25.3 Å². The third kappa shape index (κ3) is 19.3. The number of alkyl halides is 9. The molecule has 7 fully saturated rings. The van der Waals surface area contributed by atoms with Gasteiger partial charge < -0.3 is 34.2 Å². The number of piperazine rings is 3. The Labute approximate surface area is 600 Å². The Morgan fingerprint density at radius 1 is 0.475 bits per heavy atom. The highest BCUT2D eigenvalue weighted by molar-refractivity contribution is 9.11. The number of hydrogen-bond acceptors (Lipinski definition) is 13. The first-order chi connectivity index (χ1) is 45.0. The van der Waals surface area contributed by atoms with Gasteiger partial charge in [-0.3, -0.25) is 4.79 Å². The van der Waals surface area contributed by atoms with E-state index in [0.717, 1.165) is 89.1 Å². The second-order valence-electron chi connectivity index (χ2n) is 26.8. The van der Waals surface area contributed by atoms with Crippen molar-refractivity contribution in [3.05, 3.63) is 146 Å². The van der Waals surface area contributed by atoms with E-state index in [4.69, 9.17) is 9.31 Å². The monoisotopic (exact) mass is 1650 g/mol. The van der Waals surface area contributed by atoms with Crippen molar-refractivity contribution in [2.45, 2.75) is 165 Å². The maximum Gasteiger partial charge on any atom is 0.494 e. The summed E-state index contributed by atoms with van der Waals surface area (Å²) < 4.78 is 205. The number of rotatable bonds is 9. The minimum Gasteiger partial charge on any atom is -0.399 e. The number of amides is 1. The molecule has 1 amide bonds. The third-order valence-corrected chi connectivity index (χ3v) is 24.5. The lowest BCUT2D eigenvalue weighted by molar-refractivity contribution is -0.259. The van der Waals surface area contributed by atoms with Crippen LogP contribution in [-0.2, 0) is 55.4 Å². The van der Waals surface area contributed by atoms with Crippen molar-refractivity contribution in [3.63, 3.8) is 0 Å². The highest BCUT2D eigenvalue weighted by atomic mass is 79.9. The van der Waals surface area contributed by atoms with E-state index in [9.17, 15) is 79.8 Å². The number of carbonyl (C=O) groups is 1. The van der Waals surface area contributed by atoms with Gasteiger partial charge in [0.15, 0.2) is 11.2 Å². The lowest BCUT2D eigenvalue weighted by Crippen LogP contribution is -2.58. The van der Waals surface area contributed by atoms with Crippen LogP contribution >= 0.6 is 47.8 Å². The van der Waals surface area contributed by atoms with Crippen LogP contribution in [0.15, 0.2) is 135 Å². The van der Waals surface area contributed by atoms with Crippen LogP contribution in [0.25, 0.3) is 11.1 Å². The highest BCUT2D eigenvalue weighted by Gasteiger charge is 2.55. The van der Waals surface area contributed by atoms with Crippen LogP contribution in [0.4, 0.5) is 50.9 Å². The normalized spacial score (nSPS) is 24.3. The molecule has 7 aliphatic rings. The summed E-state index contributed by atoms with van der Waals surface area (Å²) in [7, 11) is -10.4. The van der Waals surface area contributed by atoms with Crippen LogP contribution in [-0.4, -0.2) is 190 Å². The molecule has 7 heterocycles. The van der Waals surface area contributed by atoms with E-state index in [0.29, 0.717) is 36.3 Å². The predicted molar refractivity (Wildman–Crippen MR) is 376 cm³/mol. The van der Waals surface area contributed by atoms with Gasteiger partial charge in [-0.15, -0.1) is 0 Å². The van der Waals surface area contributed by atoms with Crippen molar-refractivity contribution >= 4 is 108 Å². The minimum atomic E-state index is -4.90. The molecule has 8 unspecified atom stereocenters. The van der Waals surface area contributed by atoms with Gasteiger partial charge in [0.2, 0.25) is 30.1 Å². The standard InChI is InChI=1S/C22H25F3N2O3S.C15H20BF3O3.C13H17BrN2O2S.C9H13F3N2O3S.C6H4Br2.CH4/c1-21(28,22(23,24)25)17-8-6-15(7-9-17)16-4-3-5-18(12-16)26-13-19-10-11-20(14-26)27(19)31(2,29)30;1-12(2)13(3,4)22-16(21-12)11-8-6-10(7-9-11)14(5,20)15(17,18)19;1-19(17,18)16-12-5-6-13(16)9-15(8-12)11-4-2-3-10(14)7-11;1-18(16,17)14-6-2-3-7(14)5-13(4-6)8(15)9(10,11)12;7-5-2-1-3-6(8)4-5;/h3-9,12,19-20,28H,10-11,13-14H2,1-2H3;6-9,20H,1-5H3;2-4,7,12-13H,5-6,8-9H2,1H3;6-7H,2-5H2,1H3;1-4H;1H4. The SMILES string of the molecule is Brc1cccc(Br)c1.C.CC(O)(c1ccc(-c2cccc(N3CC4CCC(C3)N4S(C)(=O)=O)c2)cc1)C(F)(F)F.CC1(C)OB(c2ccc(C(C)(O)C(F)(F)F)cc2)OC1(C)C.CS(=O)(=O)N1C2CCC1CN(C(=O)C(F)(F)F)C2.CS(=O)(=O)N1C2CCC1CN(c1cccc(Br)c1)C2. The summed E-state index contributed by atoms with van der Waals surface area (Å²) in [6.07, 6.45) is -6.14. The zero-order valence-corrected chi connectivity index (χ0v) is 62.3. The molecule has 99 heavy (non-hydrogen) atoms. The second kappa shape index (κ2) is 30.7. The smallest absolute Gasteiger partial charge is 0.399 e. The van der Waals surface area contributed by atoms with Crippen LogP contribution in [0.3, 0.4) is 0 Å². The predicted octanol–water partition coefficient (Wildman–Crippen LogP) is 12.6. The average molecular weight is 1650 g/mol. The molecule has 5 aromatic rings. The molecule has 17 nitrogen and oxygen atoms in total. The summed E-state index contributed by atoms with van der Waals surface area (Å²) in [5.41, 5.74) is -2.97. The summed E-state index contributed by atoms with van der Waals surface area (Å²) in [5.74, 6) is -1.88. The van der Waals surface area contributed by atoms with Gasteiger partial charge in [0, 0.05) is 100 Å². The van der Waals surface area contributed by atoms with E-state index in [1.807, 2.05) is 88.4 Å². The van der Waals surface area contributed by atoms with E-state index >= 15 is 0 Å². The van der Waals surface area contributed by atoms with E-state index in [1.54, 1.807) is 20.7 Å². The second-order valence-corrected chi connectivity index (χ2v) is 35.3. The number of likely N-dealkylation sites (tertiary alicyclic amines) is 1. The van der Waals surface area contributed by atoms with E-state index in [2.05, 4.69) is 69.7 Å². The summed E-state index contributed by atoms with van der Waals surface area (Å²) in [5, 5.41) is 19.5. The van der Waals surface area contributed by atoms with E-state index in [-0.39, 0.29) is 55.8 Å². The quantitative estimate of drug-likeness (QED) is 0.104. The largest absolute Gasteiger partial charge is 0.494 e. The summed E-state index contributed by atoms with van der Waals surface area (Å²) in [4.78, 5) is 16.3. The molecular weight excluding hydrogens is 1570 g/mol. The number of benzene rings is 5. The molecule has 33 heteroatoms. The molecular formula is C66H83BBr3F9N6O11S3. The van der Waals surface area contributed by atoms with Crippen molar-refractivity contribution in [2.75, 3.05) is 67.8 Å². The van der Waals surface area contributed by atoms with Crippen molar-refractivity contribution in [1.29, 1.82) is 0 Å². The molecule has 5 aromatic carbocycles. The molecule has 0 spiro atoms. The Bertz CT molecular complexity index is 3920. The fraction of sp³-hybridized carbons (Fsp3) is 0.530. The molecule has 0 radical (unpaired) electrons. The molecule has 8 atom stereocenters. The number of carbonyl (C=O) groups excluding carboxylic acids is 1. The van der Waals surface area contributed by atoms with Gasteiger partial charge in [0.05, 0.1) is 30.0 Å². The molecule has 0 saturated carbocycles. The maximum absolute atomic E-state index is 13.1. The zero-order valence-electron chi connectivity index (χ0n) is 55.1. The fourth-order valence-corrected chi connectivity index (χ4v) is 19.0. The number of anilines is 2. The average Bonchev–Trinajstić information content (AvgIpc) is 1.75. The van der Waals surface area contributed by atoms with Crippen LogP contribution in [0.2, 0.25) is 0 Å². The topological polar surface area (TPSA) is 198 Å². The zero-order chi connectivity index (χ0) is 72.9. The molecule has 7 aliphatic heterocycles. The van der Waals surface area contributed by atoms with Crippen molar-refractivity contribution in [2.24, 2.45) is 0 Å². The molecule has 7 saturated heterocycles. The van der Waals surface area contributed by atoms with Crippen molar-refractivity contribution in [3.8, 4) is 11.1 Å². The highest BCUT2D eigenvalue weighted by Crippen LogP contribution is 2.43. The van der Waals surface area contributed by atoms with Gasteiger partial charge in [0.25, 0.3) is 0 Å². The summed E-state index contributed by atoms with van der Waals surface area (Å²) in [6.45, 7) is 11.5. The molecule has 6 bridgehead atoms. The van der Waals surface area contributed by atoms with Gasteiger partial charge in [-0.05, 0) is 156 Å². The Morgan fingerprint density at radius 2 is 0.788 bits per heavy atom. The van der Waals surface area contributed by atoms with Gasteiger partial charge in [-0.2, -0.15) is 52.4 Å². The first-order valence-corrected chi connectivity index (χ1v) is 39.2. The fourth-order valence-electron chi connectivity index (χ4n) is 13.3. The Morgan fingerprint density at radius 3 is 1.10 bits per heavy atom. The number of aliphatic hydroxyl groups is 2. The van der Waals surface area contributed by atoms with Gasteiger partial charge >= 0.3 is 31.6 Å². The first kappa shape index (κ1) is 81.9. The Hall–Kier alpha value is -4.39. The third-order valence-electron chi connectivity index (χ3n) is 19.0. The van der Waals surface area contributed by atoms with Crippen molar-refractivity contribution in [1.82, 2.24) is 17.8 Å². The summed E-state index contributed by atoms with van der Waals surface area (Å²) in [6, 6.07) is 34.2. The summed E-state index contributed by atoms with van der Waals surface area (Å²) >= 11 is 10.1. The van der Waals surface area contributed by atoms with E-state index < -0.39 is 96.1 Å². The Kier molecular flexibility index (Phi) is 25.4. The Balaban J connectivity index is 0.000000182. The van der Waals surface area contributed by atoms with Gasteiger partial charge in [-0.1, -0.05) is 128 Å². The lowest BCUT2D eigenvalue weighted by atomic mass is 9.78. The minimum absolute atomic E-state index is 0. The number of nitrogens with zero attached hydrogens (tertiary/aromatic N) is 6. The first-order valence-electron chi connectivity index (χ1n) is 31.2. The number of fused-ring (bicyclic) bond motifs is 6. The molecule has 0 aliphatic carbocycles. The number of hydrogen-bond donors (Lipinski definition) is 2. The van der Waals surface area contributed by atoms with Crippen LogP contribution < -0.4 is 15.3 Å². The molecule has 0 aromatic heterocycles. The van der Waals surface area contributed by atoms with Crippen LogP contribution in [0.5, 0.6) is 0 Å². The maximum atomic E-state index is 13.1.